The van der Waals surface area contributed by atoms with E-state index in [-0.39, 0.29) is 17.6 Å². The number of nitrogens with zero attached hydrogens (tertiary/aromatic N) is 3. The molecule has 0 unspecified atom stereocenters. The van der Waals surface area contributed by atoms with Crippen molar-refractivity contribution in [1.82, 2.24) is 25.1 Å². The molecule has 194 valence electrons. The SMILES string of the molecule is COc1cc(F)cc(-c2cccc3[nH]c(-c4n[nH]c5ccc(-c6cncc(NC(=O)C(C)C)c6)nc45)cc23)c1. The zero-order valence-corrected chi connectivity index (χ0v) is 21.5. The molecule has 2 aromatic carbocycles. The van der Waals surface area contributed by atoms with Crippen LogP contribution in [-0.4, -0.2) is 38.2 Å². The summed E-state index contributed by atoms with van der Waals surface area (Å²) in [5.41, 5.74) is 7.43. The van der Waals surface area contributed by atoms with Gasteiger partial charge in [0.1, 0.15) is 22.8 Å². The average Bonchev–Trinajstić information content (AvgIpc) is 3.56. The molecule has 1 amide bonds. The van der Waals surface area contributed by atoms with Gasteiger partial charge in [0.05, 0.1) is 35.9 Å². The van der Waals surface area contributed by atoms with Crippen LogP contribution in [0.5, 0.6) is 5.75 Å². The lowest BCUT2D eigenvalue weighted by atomic mass is 10.0. The molecule has 8 nitrogen and oxygen atoms in total. The van der Waals surface area contributed by atoms with Gasteiger partial charge in [-0.1, -0.05) is 26.0 Å². The van der Waals surface area contributed by atoms with E-state index >= 15 is 0 Å². The summed E-state index contributed by atoms with van der Waals surface area (Å²) in [5.74, 6) is -0.134. The molecule has 0 aliphatic rings. The summed E-state index contributed by atoms with van der Waals surface area (Å²) in [5, 5.41) is 11.4. The van der Waals surface area contributed by atoms with Gasteiger partial charge < -0.3 is 15.0 Å². The molecular weight excluding hydrogens is 495 g/mol. The molecule has 0 fully saturated rings. The van der Waals surface area contributed by atoms with Gasteiger partial charge in [0, 0.05) is 34.6 Å². The molecule has 0 bridgehead atoms. The first-order chi connectivity index (χ1) is 18.9. The van der Waals surface area contributed by atoms with Crippen LogP contribution < -0.4 is 10.1 Å². The van der Waals surface area contributed by atoms with E-state index in [9.17, 15) is 9.18 Å². The number of hydrogen-bond acceptors (Lipinski definition) is 5. The molecule has 0 saturated heterocycles. The number of ether oxygens (including phenoxy) is 1. The van der Waals surface area contributed by atoms with Crippen molar-refractivity contribution in [2.45, 2.75) is 13.8 Å². The third-order valence-corrected chi connectivity index (χ3v) is 6.57. The molecule has 6 aromatic rings. The van der Waals surface area contributed by atoms with Crippen LogP contribution in [0.4, 0.5) is 10.1 Å². The number of hydrogen-bond donors (Lipinski definition) is 3. The molecule has 39 heavy (non-hydrogen) atoms. The second kappa shape index (κ2) is 9.68. The number of benzene rings is 2. The molecule has 0 spiro atoms. The van der Waals surface area contributed by atoms with Gasteiger partial charge in [0.15, 0.2) is 0 Å². The van der Waals surface area contributed by atoms with Crippen molar-refractivity contribution in [3.63, 3.8) is 0 Å². The molecule has 4 aromatic heterocycles. The number of rotatable bonds is 6. The monoisotopic (exact) mass is 520 g/mol. The number of aromatic amines is 2. The van der Waals surface area contributed by atoms with Crippen LogP contribution in [0.1, 0.15) is 13.8 Å². The largest absolute Gasteiger partial charge is 0.497 e. The van der Waals surface area contributed by atoms with E-state index in [4.69, 9.17) is 9.72 Å². The van der Waals surface area contributed by atoms with Gasteiger partial charge in [-0.2, -0.15) is 5.10 Å². The van der Waals surface area contributed by atoms with Crippen LogP contribution in [-0.2, 0) is 4.79 Å². The van der Waals surface area contributed by atoms with E-state index in [1.165, 1.54) is 19.2 Å². The number of carbonyl (C=O) groups is 1. The fourth-order valence-corrected chi connectivity index (χ4v) is 4.55. The van der Waals surface area contributed by atoms with Gasteiger partial charge in [-0.15, -0.1) is 0 Å². The van der Waals surface area contributed by atoms with Gasteiger partial charge >= 0.3 is 0 Å². The zero-order valence-electron chi connectivity index (χ0n) is 21.5. The Morgan fingerprint density at radius 3 is 2.69 bits per heavy atom. The Bertz CT molecular complexity index is 1860. The molecule has 9 heteroatoms. The first-order valence-corrected chi connectivity index (χ1v) is 12.5. The van der Waals surface area contributed by atoms with Crippen LogP contribution in [0.2, 0.25) is 0 Å². The number of carbonyl (C=O) groups excluding carboxylic acids is 1. The van der Waals surface area contributed by atoms with Crippen LogP contribution >= 0.6 is 0 Å². The van der Waals surface area contributed by atoms with Gasteiger partial charge in [0.2, 0.25) is 5.91 Å². The van der Waals surface area contributed by atoms with Crippen molar-refractivity contribution in [2.75, 3.05) is 12.4 Å². The molecule has 4 heterocycles. The number of H-pyrrole nitrogens is 2. The predicted octanol–water partition coefficient (Wildman–Crippen LogP) is 6.58. The van der Waals surface area contributed by atoms with Gasteiger partial charge in [-0.05, 0) is 53.6 Å². The Morgan fingerprint density at radius 2 is 1.87 bits per heavy atom. The van der Waals surface area contributed by atoms with Crippen LogP contribution in [0.3, 0.4) is 0 Å². The molecule has 0 aliphatic heterocycles. The number of methoxy groups -OCH3 is 1. The first-order valence-electron chi connectivity index (χ1n) is 12.5. The van der Waals surface area contributed by atoms with Crippen molar-refractivity contribution >= 4 is 33.5 Å². The highest BCUT2D eigenvalue weighted by Gasteiger charge is 2.16. The van der Waals surface area contributed by atoms with Crippen LogP contribution in [0, 0.1) is 11.7 Å². The third-order valence-electron chi connectivity index (χ3n) is 6.57. The van der Waals surface area contributed by atoms with E-state index in [0.717, 1.165) is 33.2 Å². The first kappa shape index (κ1) is 24.3. The van der Waals surface area contributed by atoms with Crippen molar-refractivity contribution < 1.29 is 13.9 Å². The molecule has 0 atom stereocenters. The minimum absolute atomic E-state index is 0.0793. The quantitative estimate of drug-likeness (QED) is 0.230. The molecular formula is C30H25FN6O2. The van der Waals surface area contributed by atoms with Gasteiger partial charge in [-0.3, -0.25) is 14.9 Å². The lowest BCUT2D eigenvalue weighted by molar-refractivity contribution is -0.118. The third kappa shape index (κ3) is 4.59. The normalized spacial score (nSPS) is 11.4. The number of halogens is 1. The summed E-state index contributed by atoms with van der Waals surface area (Å²) in [6.07, 6.45) is 3.32. The summed E-state index contributed by atoms with van der Waals surface area (Å²) in [4.78, 5) is 24.8. The average molecular weight is 521 g/mol. The number of anilines is 1. The smallest absolute Gasteiger partial charge is 0.226 e. The fraction of sp³-hybridized carbons (Fsp3) is 0.133. The number of aromatic nitrogens is 5. The van der Waals surface area contributed by atoms with Crippen molar-refractivity contribution in [3.8, 4) is 39.5 Å². The van der Waals surface area contributed by atoms with E-state index in [1.54, 1.807) is 12.4 Å². The van der Waals surface area contributed by atoms with E-state index < -0.39 is 0 Å². The summed E-state index contributed by atoms with van der Waals surface area (Å²) in [6.45, 7) is 3.68. The molecule has 0 radical (unpaired) electrons. The minimum atomic E-state index is -0.366. The van der Waals surface area contributed by atoms with Crippen LogP contribution in [0.15, 0.2) is 73.1 Å². The summed E-state index contributed by atoms with van der Waals surface area (Å²) in [6, 6.07) is 18.2. The van der Waals surface area contributed by atoms with E-state index in [2.05, 4.69) is 25.5 Å². The Balaban J connectivity index is 1.41. The van der Waals surface area contributed by atoms with E-state index in [1.807, 2.05) is 62.4 Å². The zero-order chi connectivity index (χ0) is 27.1. The maximum absolute atomic E-state index is 14.3. The lowest BCUT2D eigenvalue weighted by Gasteiger charge is -2.08. The maximum Gasteiger partial charge on any atom is 0.226 e. The highest BCUT2D eigenvalue weighted by molar-refractivity contribution is 6.00. The van der Waals surface area contributed by atoms with Crippen molar-refractivity contribution in [1.29, 1.82) is 0 Å². The molecule has 0 aliphatic carbocycles. The standard InChI is InChI=1S/C30H25FN6O2/c1-16(2)30(38)33-20-10-18(14-32-15-20)24-7-8-26-28(35-24)29(37-36-26)27-13-23-22(5-4-6-25(23)34-27)17-9-19(31)12-21(11-17)39-3/h4-16,34H,1-3H3,(H,33,38)(H,36,37). The summed E-state index contributed by atoms with van der Waals surface area (Å²) < 4.78 is 19.5. The highest BCUT2D eigenvalue weighted by Crippen LogP contribution is 2.35. The van der Waals surface area contributed by atoms with Gasteiger partial charge in [-0.25, -0.2) is 9.37 Å². The number of fused-ring (bicyclic) bond motifs is 2. The Labute approximate surface area is 223 Å². The number of pyridine rings is 2. The number of amides is 1. The molecule has 0 saturated carbocycles. The van der Waals surface area contributed by atoms with Gasteiger partial charge in [0.25, 0.3) is 0 Å². The van der Waals surface area contributed by atoms with Crippen molar-refractivity contribution in [3.05, 3.63) is 78.9 Å². The van der Waals surface area contributed by atoms with E-state index in [0.29, 0.717) is 33.9 Å². The predicted molar refractivity (Wildman–Crippen MR) is 150 cm³/mol. The highest BCUT2D eigenvalue weighted by atomic mass is 19.1. The maximum atomic E-state index is 14.3. The van der Waals surface area contributed by atoms with Crippen LogP contribution in [0.25, 0.3) is 55.7 Å². The summed E-state index contributed by atoms with van der Waals surface area (Å²) in [7, 11) is 1.52. The topological polar surface area (TPSA) is 109 Å². The fourth-order valence-electron chi connectivity index (χ4n) is 4.55. The number of nitrogens with one attached hydrogen (secondary N) is 3. The molecule has 6 rings (SSSR count). The van der Waals surface area contributed by atoms with Crippen molar-refractivity contribution in [2.24, 2.45) is 5.92 Å². The molecule has 3 N–H and O–H groups in total. The second-order valence-corrected chi connectivity index (χ2v) is 9.60. The Kier molecular flexibility index (Phi) is 6.03. The Morgan fingerprint density at radius 1 is 1.00 bits per heavy atom. The lowest BCUT2D eigenvalue weighted by Crippen LogP contribution is -2.17. The second-order valence-electron chi connectivity index (χ2n) is 9.60. The Hall–Kier alpha value is -5.05. The minimum Gasteiger partial charge on any atom is -0.497 e. The summed E-state index contributed by atoms with van der Waals surface area (Å²) >= 11 is 0.